The molecule has 10 heteroatoms. The number of carbonyl (C=O) groups excluding carboxylic acids is 2. The van der Waals surface area contributed by atoms with Crippen molar-refractivity contribution in [3.8, 4) is 0 Å². The Morgan fingerprint density at radius 2 is 1.97 bits per heavy atom. The first-order chi connectivity index (χ1) is 13.9. The lowest BCUT2D eigenvalue weighted by molar-refractivity contribution is -0.157. The van der Waals surface area contributed by atoms with E-state index in [-0.39, 0.29) is 13.0 Å². The molecule has 1 aliphatic rings. The van der Waals surface area contributed by atoms with Crippen molar-refractivity contribution in [2.24, 2.45) is 0 Å². The molecule has 0 saturated heterocycles. The number of amides is 1. The number of hydrogen-bond donors (Lipinski definition) is 1. The predicted octanol–water partition coefficient (Wildman–Crippen LogP) is 1.11. The molecule has 1 amide bonds. The van der Waals surface area contributed by atoms with Crippen molar-refractivity contribution in [2.45, 2.75) is 25.6 Å². The van der Waals surface area contributed by atoms with Crippen LogP contribution in [-0.2, 0) is 43.4 Å². The summed E-state index contributed by atoms with van der Waals surface area (Å²) >= 11 is 5.93. The van der Waals surface area contributed by atoms with E-state index < -0.39 is 37.1 Å². The highest BCUT2D eigenvalue weighted by molar-refractivity contribution is 6.30. The maximum atomic E-state index is 12.6. The van der Waals surface area contributed by atoms with Crippen LogP contribution in [0.5, 0.6) is 0 Å². The molecule has 1 aromatic heterocycles. The van der Waals surface area contributed by atoms with Crippen molar-refractivity contribution in [2.75, 3.05) is 20.3 Å². The predicted molar refractivity (Wildman–Crippen MR) is 101 cm³/mol. The van der Waals surface area contributed by atoms with Gasteiger partial charge in [0.1, 0.15) is 19.3 Å². The molecule has 3 rings (SSSR count). The second-order valence-corrected chi connectivity index (χ2v) is 6.98. The number of carboxylic acids is 1. The Morgan fingerprint density at radius 1 is 1.24 bits per heavy atom. The summed E-state index contributed by atoms with van der Waals surface area (Å²) in [4.78, 5) is 41.2. The highest BCUT2D eigenvalue weighted by Crippen LogP contribution is 2.24. The van der Waals surface area contributed by atoms with E-state index in [1.54, 1.807) is 18.5 Å². The number of aliphatic carboxylic acids is 1. The highest BCUT2D eigenvalue weighted by atomic mass is 35.5. The van der Waals surface area contributed by atoms with Crippen molar-refractivity contribution in [3.05, 3.63) is 52.6 Å². The number of nitrogens with zero attached hydrogens (tertiary/aromatic N) is 3. The molecule has 154 valence electrons. The molecule has 1 aromatic carbocycles. The van der Waals surface area contributed by atoms with Gasteiger partial charge in [-0.1, -0.05) is 23.7 Å². The Bertz CT molecular complexity index is 911. The average molecular weight is 422 g/mol. The van der Waals surface area contributed by atoms with E-state index in [1.165, 1.54) is 12.0 Å². The fraction of sp³-hybridized carbons (Fsp3) is 0.368. The van der Waals surface area contributed by atoms with E-state index in [2.05, 4.69) is 4.98 Å². The second-order valence-electron chi connectivity index (χ2n) is 6.54. The molecule has 29 heavy (non-hydrogen) atoms. The lowest BCUT2D eigenvalue weighted by atomic mass is 10.0. The number of benzene rings is 1. The van der Waals surface area contributed by atoms with E-state index in [0.29, 0.717) is 17.3 Å². The molecule has 1 N–H and O–H groups in total. The van der Waals surface area contributed by atoms with Crippen LogP contribution in [0.25, 0.3) is 0 Å². The minimum Gasteiger partial charge on any atom is -0.480 e. The molecular formula is C19H20ClN3O6. The van der Waals surface area contributed by atoms with Crippen LogP contribution in [0, 0.1) is 0 Å². The minimum absolute atomic E-state index is 0.137. The van der Waals surface area contributed by atoms with E-state index in [9.17, 15) is 14.4 Å². The van der Waals surface area contributed by atoms with Gasteiger partial charge < -0.3 is 24.0 Å². The summed E-state index contributed by atoms with van der Waals surface area (Å²) in [6, 6.07) is 6.55. The zero-order valence-electron chi connectivity index (χ0n) is 15.7. The summed E-state index contributed by atoms with van der Waals surface area (Å²) in [6.07, 6.45) is 1.88. The summed E-state index contributed by atoms with van der Waals surface area (Å²) in [6.45, 7) is -0.374. The van der Waals surface area contributed by atoms with Crippen LogP contribution < -0.4 is 0 Å². The number of halogens is 1. The number of imidazole rings is 1. The third-order valence-electron chi connectivity index (χ3n) is 4.63. The van der Waals surface area contributed by atoms with Crippen molar-refractivity contribution >= 4 is 29.4 Å². The number of hydrogen-bond acceptors (Lipinski definition) is 6. The maximum Gasteiger partial charge on any atom is 0.329 e. The molecule has 1 aliphatic heterocycles. The van der Waals surface area contributed by atoms with Crippen molar-refractivity contribution < 1.29 is 29.0 Å². The number of carbonyl (C=O) groups is 3. The maximum absolute atomic E-state index is 12.6. The third kappa shape index (κ3) is 4.93. The number of rotatable bonds is 7. The molecule has 0 aliphatic carbocycles. The Hall–Kier alpha value is -2.91. The van der Waals surface area contributed by atoms with Gasteiger partial charge in [0.05, 0.1) is 31.4 Å². The summed E-state index contributed by atoms with van der Waals surface area (Å²) in [5.74, 6) is -2.23. The van der Waals surface area contributed by atoms with Gasteiger partial charge in [-0.05, 0) is 17.7 Å². The summed E-state index contributed by atoms with van der Waals surface area (Å²) in [5.41, 5.74) is 2.52. The third-order valence-corrected chi connectivity index (χ3v) is 4.88. The number of esters is 1. The quantitative estimate of drug-likeness (QED) is 0.666. The molecule has 0 fully saturated rings. The number of carboxylic acid groups (broad SMARTS) is 1. The normalized spacial score (nSPS) is 15.7. The summed E-state index contributed by atoms with van der Waals surface area (Å²) in [7, 11) is 1.25. The summed E-state index contributed by atoms with van der Waals surface area (Å²) in [5, 5.41) is 9.31. The Morgan fingerprint density at radius 3 is 2.62 bits per heavy atom. The van der Waals surface area contributed by atoms with E-state index in [4.69, 9.17) is 26.2 Å². The van der Waals surface area contributed by atoms with Crippen LogP contribution in [0.4, 0.5) is 0 Å². The second kappa shape index (κ2) is 9.06. The van der Waals surface area contributed by atoms with Crippen molar-refractivity contribution in [1.82, 2.24) is 14.5 Å². The smallest absolute Gasteiger partial charge is 0.329 e. The van der Waals surface area contributed by atoms with Gasteiger partial charge in [-0.3, -0.25) is 4.79 Å². The fourth-order valence-corrected chi connectivity index (χ4v) is 3.33. The zero-order chi connectivity index (χ0) is 21.0. The van der Waals surface area contributed by atoms with E-state index in [1.807, 2.05) is 16.7 Å². The molecule has 0 saturated carbocycles. The summed E-state index contributed by atoms with van der Waals surface area (Å²) < 4.78 is 11.6. The minimum atomic E-state index is -1.18. The SMILES string of the molecule is COC(=O)[C@H]1Cc2ncn(Cc3ccc(Cl)cc3)c2CN1C(=O)COCC(=O)O. The molecule has 0 radical (unpaired) electrons. The molecule has 1 atom stereocenters. The number of aromatic nitrogens is 2. The van der Waals surface area contributed by atoms with Crippen LogP contribution in [0.1, 0.15) is 17.0 Å². The Labute approximate surface area is 171 Å². The van der Waals surface area contributed by atoms with Crippen LogP contribution in [0.3, 0.4) is 0 Å². The van der Waals surface area contributed by atoms with Gasteiger partial charge in [-0.2, -0.15) is 0 Å². The largest absolute Gasteiger partial charge is 0.480 e. The van der Waals surface area contributed by atoms with Crippen LogP contribution in [0.15, 0.2) is 30.6 Å². The molecule has 0 unspecified atom stereocenters. The zero-order valence-corrected chi connectivity index (χ0v) is 16.5. The monoisotopic (exact) mass is 421 g/mol. The fourth-order valence-electron chi connectivity index (χ4n) is 3.21. The first-order valence-electron chi connectivity index (χ1n) is 8.83. The molecule has 9 nitrogen and oxygen atoms in total. The van der Waals surface area contributed by atoms with E-state index >= 15 is 0 Å². The van der Waals surface area contributed by atoms with Crippen LogP contribution >= 0.6 is 11.6 Å². The Balaban J connectivity index is 1.81. The first-order valence-corrected chi connectivity index (χ1v) is 9.21. The molecule has 2 heterocycles. The van der Waals surface area contributed by atoms with E-state index in [0.717, 1.165) is 11.3 Å². The topological polar surface area (TPSA) is 111 Å². The number of methoxy groups -OCH3 is 1. The average Bonchev–Trinajstić information content (AvgIpc) is 3.09. The lowest BCUT2D eigenvalue weighted by Crippen LogP contribution is -2.50. The number of ether oxygens (including phenoxy) is 2. The molecule has 0 bridgehead atoms. The Kier molecular flexibility index (Phi) is 6.50. The van der Waals surface area contributed by atoms with Gasteiger partial charge in [0.15, 0.2) is 0 Å². The van der Waals surface area contributed by atoms with Crippen LogP contribution in [-0.4, -0.2) is 63.8 Å². The standard InChI is InChI=1S/C19H20ClN3O6/c1-28-19(27)15-6-14-16(8-23(15)17(24)9-29-10-18(25)26)22(11-21-14)7-12-2-4-13(20)5-3-12/h2-5,11,15H,6-10H2,1H3,(H,25,26)/t15-/m1/s1. The van der Waals surface area contributed by atoms with Gasteiger partial charge >= 0.3 is 11.9 Å². The van der Waals surface area contributed by atoms with Gasteiger partial charge in [-0.15, -0.1) is 0 Å². The van der Waals surface area contributed by atoms with Crippen molar-refractivity contribution in [3.63, 3.8) is 0 Å². The van der Waals surface area contributed by atoms with Gasteiger partial charge in [0.2, 0.25) is 5.91 Å². The van der Waals surface area contributed by atoms with Crippen LogP contribution in [0.2, 0.25) is 5.02 Å². The number of fused-ring (bicyclic) bond motifs is 1. The molecule has 2 aromatic rings. The van der Waals surface area contributed by atoms with Gasteiger partial charge in [0.25, 0.3) is 0 Å². The van der Waals surface area contributed by atoms with Gasteiger partial charge in [-0.25, -0.2) is 14.6 Å². The van der Waals surface area contributed by atoms with Crippen molar-refractivity contribution in [1.29, 1.82) is 0 Å². The van der Waals surface area contributed by atoms with Gasteiger partial charge in [0, 0.05) is 18.0 Å². The highest BCUT2D eigenvalue weighted by Gasteiger charge is 2.37. The lowest BCUT2D eigenvalue weighted by Gasteiger charge is -2.34. The first kappa shape index (κ1) is 20.8. The molecule has 0 spiro atoms. The molecular weight excluding hydrogens is 402 g/mol.